The number of piperidine rings is 1. The predicted octanol–water partition coefficient (Wildman–Crippen LogP) is 4.76. The maximum absolute atomic E-state index is 13.0. The number of carbonyl (C=O) groups excluding carboxylic acids is 1. The Morgan fingerprint density at radius 1 is 1.42 bits per heavy atom. The predicted molar refractivity (Wildman–Crippen MR) is 95.4 cm³/mol. The standard InChI is InChI=1S/C18H22ClF3N2O2/c1-11-9-24(7-6-13(11)10-25)17(12(2)19)15-5-4-14(18(20,21)22)8-16(15)23-26-3/h4-5,8,10-11,13,23H,6-7,9H2,1-3H3/b17-12-/t11-,13?/m1/s1. The maximum atomic E-state index is 13.0. The van der Waals surface area contributed by atoms with Crippen molar-refractivity contribution in [2.75, 3.05) is 25.7 Å². The van der Waals surface area contributed by atoms with E-state index in [-0.39, 0.29) is 17.5 Å². The summed E-state index contributed by atoms with van der Waals surface area (Å²) >= 11 is 6.31. The van der Waals surface area contributed by atoms with Gasteiger partial charge in [-0.05, 0) is 31.4 Å². The lowest BCUT2D eigenvalue weighted by Gasteiger charge is -2.38. The summed E-state index contributed by atoms with van der Waals surface area (Å²) in [5.74, 6) is 0.104. The molecule has 1 heterocycles. The molecular weight excluding hydrogens is 369 g/mol. The zero-order chi connectivity index (χ0) is 19.5. The number of halogens is 4. The number of allylic oxidation sites excluding steroid dienone is 1. The van der Waals surface area contributed by atoms with Gasteiger partial charge in [0, 0.05) is 29.6 Å². The van der Waals surface area contributed by atoms with Crippen LogP contribution in [0.3, 0.4) is 0 Å². The normalized spacial score (nSPS) is 22.0. The third kappa shape index (κ3) is 4.51. The van der Waals surface area contributed by atoms with Crippen molar-refractivity contribution in [3.63, 3.8) is 0 Å². The Morgan fingerprint density at radius 2 is 2.12 bits per heavy atom. The van der Waals surface area contributed by atoms with Crippen LogP contribution in [0.1, 0.15) is 31.4 Å². The highest BCUT2D eigenvalue weighted by atomic mass is 35.5. The van der Waals surface area contributed by atoms with Crippen LogP contribution < -0.4 is 5.48 Å². The van der Waals surface area contributed by atoms with Gasteiger partial charge in [-0.1, -0.05) is 24.6 Å². The molecule has 1 fully saturated rings. The van der Waals surface area contributed by atoms with Gasteiger partial charge in [0.2, 0.25) is 0 Å². The zero-order valence-corrected chi connectivity index (χ0v) is 15.6. The fraction of sp³-hybridized carbons (Fsp3) is 0.500. The number of aldehydes is 1. The van der Waals surface area contributed by atoms with Crippen LogP contribution in [0.25, 0.3) is 5.70 Å². The topological polar surface area (TPSA) is 41.6 Å². The molecule has 0 saturated carbocycles. The largest absolute Gasteiger partial charge is 0.416 e. The lowest BCUT2D eigenvalue weighted by molar-refractivity contribution is -0.137. The maximum Gasteiger partial charge on any atom is 0.416 e. The van der Waals surface area contributed by atoms with Crippen molar-refractivity contribution in [3.8, 4) is 0 Å². The van der Waals surface area contributed by atoms with Crippen LogP contribution in [0.2, 0.25) is 0 Å². The van der Waals surface area contributed by atoms with Crippen molar-refractivity contribution in [1.82, 2.24) is 4.90 Å². The van der Waals surface area contributed by atoms with Gasteiger partial charge in [0.05, 0.1) is 24.1 Å². The number of nitrogens with zero attached hydrogens (tertiary/aromatic N) is 1. The molecule has 0 aromatic heterocycles. The lowest BCUT2D eigenvalue weighted by atomic mass is 9.87. The Hall–Kier alpha value is -1.73. The van der Waals surface area contributed by atoms with Crippen LogP contribution in [0.15, 0.2) is 23.2 Å². The zero-order valence-electron chi connectivity index (χ0n) is 14.9. The number of nitrogens with one attached hydrogen (secondary N) is 1. The highest BCUT2D eigenvalue weighted by Crippen LogP contribution is 2.38. The summed E-state index contributed by atoms with van der Waals surface area (Å²) in [6.45, 7) is 4.87. The average Bonchev–Trinajstić information content (AvgIpc) is 2.55. The van der Waals surface area contributed by atoms with Gasteiger partial charge in [-0.25, -0.2) is 0 Å². The van der Waals surface area contributed by atoms with E-state index in [4.69, 9.17) is 16.4 Å². The average molecular weight is 391 g/mol. The summed E-state index contributed by atoms with van der Waals surface area (Å²) in [5.41, 5.74) is 3.08. The molecule has 1 N–H and O–H groups in total. The van der Waals surface area contributed by atoms with Crippen LogP contribution in [-0.2, 0) is 15.8 Å². The van der Waals surface area contributed by atoms with Crippen LogP contribution in [-0.4, -0.2) is 31.4 Å². The Bertz CT molecular complexity index is 688. The summed E-state index contributed by atoms with van der Waals surface area (Å²) in [7, 11) is 1.33. The van der Waals surface area contributed by atoms with Gasteiger partial charge in [-0.2, -0.15) is 13.2 Å². The first kappa shape index (κ1) is 20.6. The van der Waals surface area contributed by atoms with E-state index in [1.54, 1.807) is 6.92 Å². The molecule has 1 aromatic rings. The molecule has 1 aliphatic heterocycles. The Labute approximate surface area is 155 Å². The molecule has 0 aliphatic carbocycles. The van der Waals surface area contributed by atoms with E-state index < -0.39 is 11.7 Å². The number of likely N-dealkylation sites (tertiary alicyclic amines) is 1. The number of carbonyl (C=O) groups is 1. The first-order valence-corrected chi connectivity index (χ1v) is 8.64. The Morgan fingerprint density at radius 3 is 2.62 bits per heavy atom. The Balaban J connectivity index is 2.45. The van der Waals surface area contributed by atoms with Crippen molar-refractivity contribution in [2.24, 2.45) is 11.8 Å². The molecule has 1 aliphatic rings. The molecule has 0 bridgehead atoms. The lowest BCUT2D eigenvalue weighted by Crippen LogP contribution is -2.39. The molecule has 4 nitrogen and oxygen atoms in total. The minimum atomic E-state index is -4.46. The van der Waals surface area contributed by atoms with Crippen molar-refractivity contribution in [1.29, 1.82) is 0 Å². The fourth-order valence-electron chi connectivity index (χ4n) is 3.26. The van der Waals surface area contributed by atoms with E-state index in [0.717, 1.165) is 18.4 Å². The van der Waals surface area contributed by atoms with Gasteiger partial charge in [-0.3, -0.25) is 10.3 Å². The third-order valence-corrected chi connectivity index (χ3v) is 4.78. The van der Waals surface area contributed by atoms with Crippen molar-refractivity contribution in [2.45, 2.75) is 26.4 Å². The van der Waals surface area contributed by atoms with E-state index in [0.29, 0.717) is 35.8 Å². The minimum absolute atomic E-state index is 0.0210. The first-order chi connectivity index (χ1) is 12.2. The SMILES string of the molecule is CONc1cc(C(F)(F)F)ccc1/C(=C(\C)Cl)N1CCC(C=O)[C@H](C)C1. The number of benzene rings is 1. The van der Waals surface area contributed by atoms with Crippen LogP contribution >= 0.6 is 11.6 Å². The highest BCUT2D eigenvalue weighted by molar-refractivity contribution is 6.32. The first-order valence-electron chi connectivity index (χ1n) is 8.26. The fourth-order valence-corrected chi connectivity index (χ4v) is 3.49. The number of rotatable bonds is 5. The summed E-state index contributed by atoms with van der Waals surface area (Å²) < 4.78 is 39.1. The quantitative estimate of drug-likeness (QED) is 0.581. The smallest absolute Gasteiger partial charge is 0.370 e. The second kappa shape index (κ2) is 8.31. The summed E-state index contributed by atoms with van der Waals surface area (Å²) in [6.07, 6.45) is -2.82. The summed E-state index contributed by atoms with van der Waals surface area (Å²) in [5, 5.41) is 0.459. The van der Waals surface area contributed by atoms with Gasteiger partial charge in [0.25, 0.3) is 0 Å². The molecule has 26 heavy (non-hydrogen) atoms. The molecular formula is C18H22ClF3N2O2. The molecule has 2 rings (SSSR count). The monoisotopic (exact) mass is 390 g/mol. The number of hydrogen-bond donors (Lipinski definition) is 1. The second-order valence-corrected chi connectivity index (χ2v) is 7.03. The Kier molecular flexibility index (Phi) is 6.58. The van der Waals surface area contributed by atoms with E-state index >= 15 is 0 Å². The molecule has 1 unspecified atom stereocenters. The molecule has 8 heteroatoms. The number of anilines is 1. The van der Waals surface area contributed by atoms with E-state index in [1.807, 2.05) is 11.8 Å². The molecule has 2 atom stereocenters. The molecule has 1 aromatic carbocycles. The summed E-state index contributed by atoms with van der Waals surface area (Å²) in [6, 6.07) is 3.42. The highest BCUT2D eigenvalue weighted by Gasteiger charge is 2.33. The van der Waals surface area contributed by atoms with Crippen LogP contribution in [0, 0.1) is 11.8 Å². The van der Waals surface area contributed by atoms with Gasteiger partial charge < -0.3 is 9.69 Å². The van der Waals surface area contributed by atoms with Crippen molar-refractivity contribution in [3.05, 3.63) is 34.4 Å². The number of hydrogen-bond acceptors (Lipinski definition) is 4. The molecule has 0 radical (unpaired) electrons. The molecule has 1 saturated heterocycles. The van der Waals surface area contributed by atoms with Crippen LogP contribution in [0.5, 0.6) is 0 Å². The minimum Gasteiger partial charge on any atom is -0.370 e. The van der Waals surface area contributed by atoms with E-state index in [1.165, 1.54) is 13.2 Å². The van der Waals surface area contributed by atoms with E-state index in [2.05, 4.69) is 5.48 Å². The molecule has 144 valence electrons. The van der Waals surface area contributed by atoms with Gasteiger partial charge >= 0.3 is 6.18 Å². The number of alkyl halides is 3. The van der Waals surface area contributed by atoms with E-state index in [9.17, 15) is 18.0 Å². The van der Waals surface area contributed by atoms with Gasteiger partial charge in [0.1, 0.15) is 6.29 Å². The van der Waals surface area contributed by atoms with Crippen LogP contribution in [0.4, 0.5) is 18.9 Å². The molecule has 0 spiro atoms. The van der Waals surface area contributed by atoms with Crippen molar-refractivity contribution >= 4 is 29.3 Å². The third-order valence-electron chi connectivity index (χ3n) is 4.60. The second-order valence-electron chi connectivity index (χ2n) is 6.46. The summed E-state index contributed by atoms with van der Waals surface area (Å²) in [4.78, 5) is 18.0. The van der Waals surface area contributed by atoms with Gasteiger partial charge in [-0.15, -0.1) is 0 Å². The molecule has 0 amide bonds. The van der Waals surface area contributed by atoms with Gasteiger partial charge in [0.15, 0.2) is 0 Å². The van der Waals surface area contributed by atoms with Crippen molar-refractivity contribution < 1.29 is 22.8 Å².